The van der Waals surface area contributed by atoms with Gasteiger partial charge < -0.3 is 4.74 Å². The summed E-state index contributed by atoms with van der Waals surface area (Å²) in [5, 5.41) is 4.09. The fourth-order valence-corrected chi connectivity index (χ4v) is 5.49. The van der Waals surface area contributed by atoms with E-state index < -0.39 is 5.76 Å². The molecule has 38 heavy (non-hydrogen) atoms. The van der Waals surface area contributed by atoms with Gasteiger partial charge in [0.05, 0.1) is 11.0 Å². The first-order valence-electron chi connectivity index (χ1n) is 13.2. The summed E-state index contributed by atoms with van der Waals surface area (Å²) in [5.41, 5.74) is 9.34. The van der Waals surface area contributed by atoms with Crippen LogP contribution in [0.2, 0.25) is 0 Å². The van der Waals surface area contributed by atoms with Crippen molar-refractivity contribution in [3.8, 4) is 11.4 Å². The number of allylic oxidation sites excluding steroid dienone is 1. The van der Waals surface area contributed by atoms with E-state index in [0.29, 0.717) is 12.4 Å². The minimum Gasteiger partial charge on any atom is -0.488 e. The highest BCUT2D eigenvalue weighted by Gasteiger charge is 2.26. The van der Waals surface area contributed by atoms with Gasteiger partial charge in [0.15, 0.2) is 5.82 Å². The maximum absolute atomic E-state index is 11.9. The second-order valence-corrected chi connectivity index (χ2v) is 9.73. The standard InChI is InChI=1S/C31H30N4O3/c1-4-9-23(30-33-31(36)38-34-30)29-22-16-15-21(17-20(22)18-37-26-14-8-11-19(3)28(26)29)35-25-13-7-6-12-24(25)32-27(35)10-5-2/h6-8,11-17H,4-5,9-10,18H2,1-3H3,(H,33,34,36)/b29-23+. The molecular weight excluding hydrogens is 476 g/mol. The lowest BCUT2D eigenvalue weighted by molar-refractivity contribution is 0.307. The van der Waals surface area contributed by atoms with Crippen LogP contribution in [0.15, 0.2) is 70.0 Å². The summed E-state index contributed by atoms with van der Waals surface area (Å²) in [6.45, 7) is 6.81. The van der Waals surface area contributed by atoms with Gasteiger partial charge in [0.1, 0.15) is 18.2 Å². The van der Waals surface area contributed by atoms with Crippen LogP contribution >= 0.6 is 0 Å². The van der Waals surface area contributed by atoms with Gasteiger partial charge in [0, 0.05) is 28.8 Å². The first-order valence-corrected chi connectivity index (χ1v) is 13.2. The maximum Gasteiger partial charge on any atom is 0.439 e. The summed E-state index contributed by atoms with van der Waals surface area (Å²) in [5.74, 6) is 1.76. The number of benzene rings is 3. The van der Waals surface area contributed by atoms with Crippen LogP contribution < -0.4 is 10.5 Å². The first-order chi connectivity index (χ1) is 18.6. The molecule has 0 spiro atoms. The van der Waals surface area contributed by atoms with Crippen LogP contribution in [0.3, 0.4) is 0 Å². The Hall–Kier alpha value is -4.39. The molecule has 1 aliphatic heterocycles. The Morgan fingerprint density at radius 3 is 2.71 bits per heavy atom. The molecule has 0 unspecified atom stereocenters. The van der Waals surface area contributed by atoms with Crippen LogP contribution in [0.4, 0.5) is 0 Å². The maximum atomic E-state index is 11.9. The van der Waals surface area contributed by atoms with Crippen LogP contribution in [0.5, 0.6) is 5.75 Å². The Morgan fingerprint density at radius 1 is 1.05 bits per heavy atom. The summed E-state index contributed by atoms with van der Waals surface area (Å²) in [4.78, 5) is 19.7. The predicted molar refractivity (Wildman–Crippen MR) is 149 cm³/mol. The number of para-hydroxylation sites is 2. The molecule has 3 heterocycles. The largest absolute Gasteiger partial charge is 0.488 e. The molecular formula is C31H30N4O3. The second kappa shape index (κ2) is 9.82. The molecule has 7 heteroatoms. The second-order valence-electron chi connectivity index (χ2n) is 9.73. The van der Waals surface area contributed by atoms with Crippen LogP contribution in [0, 0.1) is 6.92 Å². The molecule has 192 valence electrons. The topological polar surface area (TPSA) is 85.9 Å². The number of hydrogen-bond donors (Lipinski definition) is 1. The van der Waals surface area contributed by atoms with E-state index in [0.717, 1.165) is 87.4 Å². The van der Waals surface area contributed by atoms with Gasteiger partial charge >= 0.3 is 5.76 Å². The van der Waals surface area contributed by atoms with Crippen LogP contribution in [0.25, 0.3) is 27.9 Å². The molecule has 0 saturated carbocycles. The molecule has 0 atom stereocenters. The lowest BCUT2D eigenvalue weighted by atomic mass is 9.86. The normalized spacial score (nSPS) is 14.1. The zero-order valence-electron chi connectivity index (χ0n) is 21.9. The number of aromatic nitrogens is 4. The number of hydrogen-bond acceptors (Lipinski definition) is 5. The molecule has 0 fully saturated rings. The highest BCUT2D eigenvalue weighted by molar-refractivity contribution is 6.01. The van der Waals surface area contributed by atoms with Gasteiger partial charge in [-0.25, -0.2) is 9.78 Å². The Bertz CT molecular complexity index is 1740. The number of nitrogens with one attached hydrogen (secondary N) is 1. The van der Waals surface area contributed by atoms with Crippen molar-refractivity contribution >= 4 is 22.2 Å². The summed E-state index contributed by atoms with van der Waals surface area (Å²) in [6.07, 6.45) is 3.50. The van der Waals surface area contributed by atoms with Crippen LogP contribution in [-0.2, 0) is 13.0 Å². The predicted octanol–water partition coefficient (Wildman–Crippen LogP) is 6.61. The number of ether oxygens (including phenoxy) is 1. The van der Waals surface area contributed by atoms with Crippen molar-refractivity contribution in [2.75, 3.05) is 0 Å². The average Bonchev–Trinajstić information content (AvgIpc) is 3.47. The molecule has 7 nitrogen and oxygen atoms in total. The van der Waals surface area contributed by atoms with Gasteiger partial charge in [0.25, 0.3) is 0 Å². The molecule has 1 aliphatic rings. The van der Waals surface area contributed by atoms with E-state index in [4.69, 9.17) is 14.2 Å². The van der Waals surface area contributed by atoms with Gasteiger partial charge in [-0.05, 0) is 66.8 Å². The monoisotopic (exact) mass is 506 g/mol. The van der Waals surface area contributed by atoms with E-state index in [1.165, 1.54) is 0 Å². The quantitative estimate of drug-likeness (QED) is 0.280. The molecule has 6 rings (SSSR count). The van der Waals surface area contributed by atoms with Crippen molar-refractivity contribution in [3.05, 3.63) is 105 Å². The van der Waals surface area contributed by atoms with Gasteiger partial charge in [-0.1, -0.05) is 55.8 Å². The molecule has 5 aromatic rings. The Balaban J connectivity index is 1.62. The minimum absolute atomic E-state index is 0.424. The Morgan fingerprint density at radius 2 is 1.92 bits per heavy atom. The highest BCUT2D eigenvalue weighted by Crippen LogP contribution is 2.44. The third-order valence-electron chi connectivity index (χ3n) is 7.12. The number of nitrogens with zero attached hydrogens (tertiary/aromatic N) is 3. The molecule has 0 aliphatic carbocycles. The van der Waals surface area contributed by atoms with Crippen molar-refractivity contribution in [1.82, 2.24) is 19.7 Å². The molecule has 0 saturated heterocycles. The highest BCUT2D eigenvalue weighted by atomic mass is 16.5. The molecule has 1 N–H and O–H groups in total. The van der Waals surface area contributed by atoms with Crippen molar-refractivity contribution in [2.45, 2.75) is 53.1 Å². The van der Waals surface area contributed by atoms with Crippen LogP contribution in [-0.4, -0.2) is 19.7 Å². The summed E-state index contributed by atoms with van der Waals surface area (Å²) < 4.78 is 13.6. The number of imidazole rings is 1. The van der Waals surface area contributed by atoms with Gasteiger partial charge in [0.2, 0.25) is 0 Å². The minimum atomic E-state index is -0.560. The lowest BCUT2D eigenvalue weighted by Gasteiger charge is -2.18. The van der Waals surface area contributed by atoms with Crippen molar-refractivity contribution < 1.29 is 9.26 Å². The van der Waals surface area contributed by atoms with Gasteiger partial charge in [-0.3, -0.25) is 14.1 Å². The molecule has 0 radical (unpaired) electrons. The third-order valence-corrected chi connectivity index (χ3v) is 7.12. The zero-order chi connectivity index (χ0) is 26.2. The third kappa shape index (κ3) is 4.04. The number of aryl methyl sites for hydroxylation is 2. The molecule has 3 aromatic carbocycles. The zero-order valence-corrected chi connectivity index (χ0v) is 21.9. The number of rotatable bonds is 6. The molecule has 0 bridgehead atoms. The van der Waals surface area contributed by atoms with Gasteiger partial charge in [-0.15, -0.1) is 0 Å². The SMILES string of the molecule is CCC/C(=C1/c2ccc(-n3c(CCC)nc4ccccc43)cc2COc2cccc(C)c21)c1noc(=O)[nH]1. The van der Waals surface area contributed by atoms with E-state index in [1.807, 2.05) is 18.2 Å². The Kier molecular flexibility index (Phi) is 6.19. The van der Waals surface area contributed by atoms with Crippen LogP contribution in [0.1, 0.15) is 67.0 Å². The summed E-state index contributed by atoms with van der Waals surface area (Å²) in [7, 11) is 0. The average molecular weight is 507 g/mol. The Labute approximate surface area is 220 Å². The van der Waals surface area contributed by atoms with E-state index in [9.17, 15) is 4.79 Å². The number of fused-ring (bicyclic) bond motifs is 3. The summed E-state index contributed by atoms with van der Waals surface area (Å²) >= 11 is 0. The first kappa shape index (κ1) is 24.0. The number of aromatic amines is 1. The van der Waals surface area contributed by atoms with E-state index >= 15 is 0 Å². The number of H-pyrrole nitrogens is 1. The van der Waals surface area contributed by atoms with E-state index in [2.05, 4.69) is 77.9 Å². The fourth-order valence-electron chi connectivity index (χ4n) is 5.49. The smallest absolute Gasteiger partial charge is 0.439 e. The van der Waals surface area contributed by atoms with Crippen molar-refractivity contribution in [3.63, 3.8) is 0 Å². The molecule has 2 aromatic heterocycles. The fraction of sp³-hybridized carbons (Fsp3) is 0.258. The van der Waals surface area contributed by atoms with Crippen molar-refractivity contribution in [2.24, 2.45) is 0 Å². The molecule has 0 amide bonds. The van der Waals surface area contributed by atoms with Crippen molar-refractivity contribution in [1.29, 1.82) is 0 Å². The van der Waals surface area contributed by atoms with E-state index in [1.54, 1.807) is 0 Å². The summed E-state index contributed by atoms with van der Waals surface area (Å²) in [6, 6.07) is 20.9. The van der Waals surface area contributed by atoms with E-state index in [-0.39, 0.29) is 0 Å². The lowest BCUT2D eigenvalue weighted by Crippen LogP contribution is -2.05. The van der Waals surface area contributed by atoms with Gasteiger partial charge in [-0.2, -0.15) is 0 Å².